The first-order valence-corrected chi connectivity index (χ1v) is 11.7. The predicted molar refractivity (Wildman–Crippen MR) is 137 cm³/mol. The number of rotatable bonds is 4. The summed E-state index contributed by atoms with van der Waals surface area (Å²) in [5, 5.41) is 2.71. The molecule has 2 aliphatic heterocycles. The lowest BCUT2D eigenvalue weighted by Crippen LogP contribution is -2.54. The van der Waals surface area contributed by atoms with Crippen LogP contribution < -0.4 is 15.1 Å². The second kappa shape index (κ2) is 8.76. The molecule has 6 nitrogen and oxygen atoms in total. The maximum Gasteiger partial charge on any atom is 0.335 e. The van der Waals surface area contributed by atoms with E-state index in [1.807, 2.05) is 25.1 Å². The molecule has 4 rings (SSSR count). The number of nitrogens with zero attached hydrogens (tertiary/aromatic N) is 2. The molecule has 0 atom stereocenters. The molecule has 1 fully saturated rings. The van der Waals surface area contributed by atoms with Crippen LogP contribution in [0, 0.1) is 6.92 Å². The third-order valence-corrected chi connectivity index (χ3v) is 6.63. The first-order valence-electron chi connectivity index (χ1n) is 11.3. The fourth-order valence-corrected chi connectivity index (χ4v) is 4.92. The number of benzene rings is 2. The van der Waals surface area contributed by atoms with Crippen molar-refractivity contribution in [2.75, 3.05) is 16.3 Å². The van der Waals surface area contributed by atoms with Crippen LogP contribution in [0.3, 0.4) is 0 Å². The standard InChI is InChI=1S/C27H28ClN3O3/c1-6-11-30-23-14-21(28)18(12-19(23)17(3)15-27(30,4)5)13-20-24(32)29-26(34)31(25(20)33)22-10-8-7-9-16(22)2/h7-10,12-15H,6,11H2,1-5H3,(H,29,32,34)/b20-13-. The van der Waals surface area contributed by atoms with Crippen molar-refractivity contribution in [2.24, 2.45) is 0 Å². The number of allylic oxidation sites excluding steroid dienone is 1. The summed E-state index contributed by atoms with van der Waals surface area (Å²) in [5.41, 5.74) is 4.52. The number of barbiturate groups is 1. The molecule has 34 heavy (non-hydrogen) atoms. The van der Waals surface area contributed by atoms with Crippen molar-refractivity contribution in [3.8, 4) is 0 Å². The average molecular weight is 478 g/mol. The van der Waals surface area contributed by atoms with E-state index in [1.54, 1.807) is 25.1 Å². The van der Waals surface area contributed by atoms with E-state index in [0.29, 0.717) is 16.3 Å². The van der Waals surface area contributed by atoms with Crippen LogP contribution >= 0.6 is 11.6 Å². The Bertz CT molecular complexity index is 1280. The highest BCUT2D eigenvalue weighted by molar-refractivity contribution is 6.40. The van der Waals surface area contributed by atoms with Crippen LogP contribution in [-0.4, -0.2) is 29.9 Å². The van der Waals surface area contributed by atoms with Gasteiger partial charge in [-0.3, -0.25) is 14.9 Å². The number of fused-ring (bicyclic) bond motifs is 1. The first-order chi connectivity index (χ1) is 16.0. The van der Waals surface area contributed by atoms with E-state index >= 15 is 0 Å². The Labute approximate surface area is 204 Å². The van der Waals surface area contributed by atoms with Gasteiger partial charge in [-0.25, -0.2) is 9.69 Å². The molecule has 2 aliphatic rings. The molecule has 0 spiro atoms. The number of para-hydroxylation sites is 1. The lowest BCUT2D eigenvalue weighted by Gasteiger charge is -2.43. The smallest absolute Gasteiger partial charge is 0.335 e. The third kappa shape index (κ3) is 4.03. The number of hydrogen-bond donors (Lipinski definition) is 1. The van der Waals surface area contributed by atoms with Crippen LogP contribution in [0.25, 0.3) is 11.6 Å². The van der Waals surface area contributed by atoms with Crippen molar-refractivity contribution in [1.29, 1.82) is 0 Å². The quantitative estimate of drug-likeness (QED) is 0.451. The van der Waals surface area contributed by atoms with Crippen LogP contribution in [0.2, 0.25) is 5.02 Å². The molecule has 0 radical (unpaired) electrons. The third-order valence-electron chi connectivity index (χ3n) is 6.30. The zero-order chi connectivity index (χ0) is 24.8. The van der Waals surface area contributed by atoms with Gasteiger partial charge in [-0.1, -0.05) is 42.8 Å². The molecule has 2 aromatic carbocycles. The maximum absolute atomic E-state index is 13.3. The summed E-state index contributed by atoms with van der Waals surface area (Å²) < 4.78 is 0. The minimum atomic E-state index is -0.769. The molecule has 4 amide bonds. The van der Waals surface area contributed by atoms with Gasteiger partial charge >= 0.3 is 6.03 Å². The van der Waals surface area contributed by atoms with Gasteiger partial charge in [0.2, 0.25) is 0 Å². The Hall–Kier alpha value is -3.38. The van der Waals surface area contributed by atoms with Crippen molar-refractivity contribution >= 4 is 52.5 Å². The number of urea groups is 1. The number of amides is 4. The van der Waals surface area contributed by atoms with Crippen molar-refractivity contribution in [1.82, 2.24) is 5.32 Å². The van der Waals surface area contributed by atoms with E-state index in [4.69, 9.17) is 11.6 Å². The fourth-order valence-electron chi connectivity index (χ4n) is 4.70. The Morgan fingerprint density at radius 2 is 1.76 bits per heavy atom. The lowest BCUT2D eigenvalue weighted by molar-refractivity contribution is -0.122. The average Bonchev–Trinajstić information content (AvgIpc) is 2.75. The summed E-state index contributed by atoms with van der Waals surface area (Å²) >= 11 is 6.68. The topological polar surface area (TPSA) is 69.7 Å². The van der Waals surface area contributed by atoms with E-state index in [2.05, 4.69) is 37.1 Å². The Morgan fingerprint density at radius 3 is 2.44 bits per heavy atom. The molecule has 176 valence electrons. The monoisotopic (exact) mass is 477 g/mol. The largest absolute Gasteiger partial charge is 0.362 e. The maximum atomic E-state index is 13.3. The van der Waals surface area contributed by atoms with Gasteiger partial charge in [-0.15, -0.1) is 0 Å². The number of nitrogens with one attached hydrogen (secondary N) is 1. The second-order valence-electron chi connectivity index (χ2n) is 9.27. The van der Waals surface area contributed by atoms with Gasteiger partial charge in [0.15, 0.2) is 0 Å². The Kier molecular flexibility index (Phi) is 6.13. The normalized spacial score (nSPS) is 18.7. The number of anilines is 2. The summed E-state index contributed by atoms with van der Waals surface area (Å²) in [5.74, 6) is -1.42. The van der Waals surface area contributed by atoms with Crippen molar-refractivity contribution < 1.29 is 14.4 Å². The van der Waals surface area contributed by atoms with Crippen molar-refractivity contribution in [2.45, 2.75) is 46.6 Å². The molecule has 0 saturated carbocycles. The van der Waals surface area contributed by atoms with Crippen LogP contribution in [0.15, 0.2) is 48.0 Å². The molecule has 0 unspecified atom stereocenters. The molecule has 0 aromatic heterocycles. The molecule has 2 aromatic rings. The molecule has 7 heteroatoms. The number of halogens is 1. The highest BCUT2D eigenvalue weighted by Gasteiger charge is 2.38. The van der Waals surface area contributed by atoms with Crippen molar-refractivity contribution in [3.05, 3.63) is 69.8 Å². The number of aryl methyl sites for hydroxylation is 1. The van der Waals surface area contributed by atoms with E-state index < -0.39 is 17.8 Å². The molecule has 1 saturated heterocycles. The van der Waals surface area contributed by atoms with Gasteiger partial charge in [0.05, 0.1) is 11.2 Å². The number of hydrogen-bond acceptors (Lipinski definition) is 4. The summed E-state index contributed by atoms with van der Waals surface area (Å²) in [6, 6.07) is 10.1. The summed E-state index contributed by atoms with van der Waals surface area (Å²) in [6.07, 6.45) is 4.67. The SMILES string of the molecule is CCCN1c2cc(Cl)c(/C=C3/C(=O)NC(=O)N(c4ccccc4C)C3=O)cc2C(C)=CC1(C)C. The van der Waals surface area contributed by atoms with Gasteiger partial charge in [-0.05, 0) is 75.1 Å². The number of imide groups is 2. The molecular formula is C27H28ClN3O3. The summed E-state index contributed by atoms with van der Waals surface area (Å²) in [4.78, 5) is 41.8. The van der Waals surface area contributed by atoms with Gasteiger partial charge in [0.1, 0.15) is 5.57 Å². The van der Waals surface area contributed by atoms with Gasteiger partial charge in [-0.2, -0.15) is 0 Å². The molecular weight excluding hydrogens is 450 g/mol. The lowest BCUT2D eigenvalue weighted by atomic mass is 9.87. The van der Waals surface area contributed by atoms with E-state index in [1.165, 1.54) is 6.08 Å². The van der Waals surface area contributed by atoms with Gasteiger partial charge < -0.3 is 4.90 Å². The van der Waals surface area contributed by atoms with E-state index in [0.717, 1.165) is 40.3 Å². The Morgan fingerprint density at radius 1 is 1.06 bits per heavy atom. The molecule has 0 aliphatic carbocycles. The predicted octanol–water partition coefficient (Wildman–Crippen LogP) is 5.73. The first kappa shape index (κ1) is 23.8. The van der Waals surface area contributed by atoms with Gasteiger partial charge in [0, 0.05) is 22.8 Å². The zero-order valence-corrected chi connectivity index (χ0v) is 20.8. The summed E-state index contributed by atoms with van der Waals surface area (Å²) in [6.45, 7) is 11.2. The van der Waals surface area contributed by atoms with Crippen LogP contribution in [0.5, 0.6) is 0 Å². The Balaban J connectivity index is 1.80. The molecule has 1 N–H and O–H groups in total. The molecule has 2 heterocycles. The minimum Gasteiger partial charge on any atom is -0.362 e. The van der Waals surface area contributed by atoms with Crippen LogP contribution in [0.1, 0.15) is 50.8 Å². The second-order valence-corrected chi connectivity index (χ2v) is 9.68. The van der Waals surface area contributed by atoms with E-state index in [-0.39, 0.29) is 11.1 Å². The van der Waals surface area contributed by atoms with Gasteiger partial charge in [0.25, 0.3) is 11.8 Å². The fraction of sp³-hybridized carbons (Fsp3) is 0.296. The number of carbonyl (C=O) groups excluding carboxylic acids is 3. The van der Waals surface area contributed by atoms with Crippen LogP contribution in [0.4, 0.5) is 16.2 Å². The minimum absolute atomic E-state index is 0.145. The van der Waals surface area contributed by atoms with Crippen molar-refractivity contribution in [3.63, 3.8) is 0 Å². The van der Waals surface area contributed by atoms with E-state index in [9.17, 15) is 14.4 Å². The summed E-state index contributed by atoms with van der Waals surface area (Å²) in [7, 11) is 0. The highest BCUT2D eigenvalue weighted by Crippen LogP contribution is 2.42. The highest BCUT2D eigenvalue weighted by atomic mass is 35.5. The molecule has 0 bridgehead atoms. The number of carbonyl (C=O) groups is 3. The zero-order valence-electron chi connectivity index (χ0n) is 20.0. The van der Waals surface area contributed by atoms with Crippen LogP contribution in [-0.2, 0) is 9.59 Å².